The summed E-state index contributed by atoms with van der Waals surface area (Å²) in [7, 11) is 2.18. The molecule has 0 atom stereocenters. The molecule has 3 nitrogen and oxygen atoms in total. The Hall–Kier alpha value is -7.10. The molecule has 280 valence electrons. The molecule has 0 spiro atoms. The topological polar surface area (TPSA) is 21.3 Å². The molecule has 0 unspecified atom stereocenters. The monoisotopic (exact) mass is 748 g/mol. The summed E-state index contributed by atoms with van der Waals surface area (Å²) in [4.78, 5) is 2.32. The second kappa shape index (κ2) is 13.8. The quantitative estimate of drug-likeness (QED) is 0.179. The van der Waals surface area contributed by atoms with Crippen molar-refractivity contribution in [3.8, 4) is 16.8 Å². The van der Waals surface area contributed by atoms with Crippen LogP contribution in [0.5, 0.6) is 0 Å². The Morgan fingerprint density at radius 2 is 1.33 bits per heavy atom. The number of rotatable bonds is 4. The number of allylic oxidation sites excluding steroid dienone is 1. The lowest BCUT2D eigenvalue weighted by Crippen LogP contribution is -2.18. The molecule has 0 bridgehead atoms. The zero-order chi connectivity index (χ0) is 39.5. The highest BCUT2D eigenvalue weighted by atomic mass is 16.3. The number of benzene rings is 8. The van der Waals surface area contributed by atoms with Gasteiger partial charge >= 0.3 is 0 Å². The molecule has 0 saturated heterocycles. The summed E-state index contributed by atoms with van der Waals surface area (Å²) in [6, 6.07) is 59.4. The van der Waals surface area contributed by atoms with Crippen LogP contribution < -0.4 is 15.5 Å². The van der Waals surface area contributed by atoms with Crippen LogP contribution in [0.4, 0.5) is 11.4 Å². The Morgan fingerprint density at radius 1 is 0.603 bits per heavy atom. The first-order chi connectivity index (χ1) is 28.4. The highest BCUT2D eigenvalue weighted by Gasteiger charge is 2.36. The molecule has 0 amide bonds. The summed E-state index contributed by atoms with van der Waals surface area (Å²) in [6.45, 7) is 10.4. The standard InChI is InChI=1S/C42H32N2.C13H12O/c1-42(2)37-18-10-9-17-32(37)33-22-20-28-24-35-36-25-30(43(3)38-19-11-13-27-12-7-8-16-31(27)38)21-23-39(36)44(29-14-5-4-6-15-29)40(35)26-34(28)41(33)42;1-3-7-12-10(4-2)11-8-5-6-9-13(11)14-12/h4-26H,1-3H3;3-9H,1H2,2H3/b;10-4-,12-7+. The van der Waals surface area contributed by atoms with Crippen molar-refractivity contribution in [3.63, 3.8) is 0 Å². The summed E-state index contributed by atoms with van der Waals surface area (Å²) in [5, 5.41) is 9.97. The maximum atomic E-state index is 5.67. The molecule has 1 aliphatic carbocycles. The van der Waals surface area contributed by atoms with Crippen LogP contribution in [-0.4, -0.2) is 11.6 Å². The molecule has 0 fully saturated rings. The zero-order valence-electron chi connectivity index (χ0n) is 33.3. The molecule has 0 radical (unpaired) electrons. The van der Waals surface area contributed by atoms with Crippen LogP contribution in [0.1, 0.15) is 31.9 Å². The fourth-order valence-electron chi connectivity index (χ4n) is 9.44. The number of nitrogens with zero attached hydrogens (tertiary/aromatic N) is 2. The highest BCUT2D eigenvalue weighted by Crippen LogP contribution is 2.52. The second-order valence-corrected chi connectivity index (χ2v) is 15.7. The largest absolute Gasteiger partial charge is 0.456 e. The van der Waals surface area contributed by atoms with E-state index in [1.165, 1.54) is 82.7 Å². The van der Waals surface area contributed by atoms with Crippen molar-refractivity contribution in [3.05, 3.63) is 198 Å². The van der Waals surface area contributed by atoms with Crippen molar-refractivity contribution >= 4 is 77.8 Å². The third-order valence-electron chi connectivity index (χ3n) is 12.2. The fraction of sp³-hybridized carbons (Fsp3) is 0.0909. The summed E-state index contributed by atoms with van der Waals surface area (Å²) in [6.07, 6.45) is 5.68. The van der Waals surface area contributed by atoms with E-state index in [1.807, 2.05) is 31.2 Å². The van der Waals surface area contributed by atoms with Gasteiger partial charge in [0, 0.05) is 56.3 Å². The Balaban J connectivity index is 0.000000247. The van der Waals surface area contributed by atoms with Crippen molar-refractivity contribution < 1.29 is 4.42 Å². The van der Waals surface area contributed by atoms with E-state index < -0.39 is 0 Å². The van der Waals surface area contributed by atoms with E-state index in [2.05, 4.69) is 189 Å². The van der Waals surface area contributed by atoms with E-state index in [0.717, 1.165) is 21.6 Å². The summed E-state index contributed by atoms with van der Waals surface area (Å²) < 4.78 is 8.12. The Kier molecular flexibility index (Phi) is 8.42. The average Bonchev–Trinajstić information content (AvgIpc) is 3.87. The first-order valence-corrected chi connectivity index (χ1v) is 20.1. The Morgan fingerprint density at radius 3 is 2.16 bits per heavy atom. The Labute approximate surface area is 338 Å². The number of hydrogen-bond acceptors (Lipinski definition) is 2. The maximum absolute atomic E-state index is 5.67. The van der Waals surface area contributed by atoms with Crippen molar-refractivity contribution in [1.82, 2.24) is 4.57 Å². The summed E-state index contributed by atoms with van der Waals surface area (Å²) >= 11 is 0. The van der Waals surface area contributed by atoms with E-state index in [4.69, 9.17) is 4.42 Å². The van der Waals surface area contributed by atoms with E-state index in [0.29, 0.717) is 0 Å². The number of furan rings is 1. The first kappa shape index (κ1) is 35.3. The number of anilines is 2. The van der Waals surface area contributed by atoms with E-state index in [1.54, 1.807) is 6.08 Å². The number of aromatic nitrogens is 1. The van der Waals surface area contributed by atoms with Gasteiger partial charge in [-0.2, -0.15) is 0 Å². The van der Waals surface area contributed by atoms with Gasteiger partial charge < -0.3 is 13.9 Å². The molecule has 10 aromatic rings. The average molecular weight is 749 g/mol. The summed E-state index contributed by atoms with van der Waals surface area (Å²) in [5.41, 5.74) is 13.3. The van der Waals surface area contributed by atoms with Gasteiger partial charge in [0.05, 0.1) is 11.0 Å². The van der Waals surface area contributed by atoms with Crippen molar-refractivity contribution in [2.75, 3.05) is 11.9 Å². The molecule has 0 N–H and O–H groups in total. The lowest BCUT2D eigenvalue weighted by molar-refractivity contribution is 0.575. The van der Waals surface area contributed by atoms with Crippen LogP contribution in [0, 0.1) is 0 Å². The fourth-order valence-corrected chi connectivity index (χ4v) is 9.44. The predicted octanol–water partition coefficient (Wildman–Crippen LogP) is 13.4. The van der Waals surface area contributed by atoms with E-state index in [-0.39, 0.29) is 5.41 Å². The smallest absolute Gasteiger partial charge is 0.135 e. The van der Waals surface area contributed by atoms with Gasteiger partial charge in [0.15, 0.2) is 0 Å². The van der Waals surface area contributed by atoms with Gasteiger partial charge in [-0.1, -0.05) is 142 Å². The van der Waals surface area contributed by atoms with Crippen LogP contribution in [0.3, 0.4) is 0 Å². The Bertz CT molecular complexity index is 3360. The SMILES string of the molecule is C=C/C=c1/oc2ccccc2/c1=C/C.CN(c1ccc2c(c1)c1cc3ccc4c(c3cc1n2-c1ccccc1)C(C)(C)c1ccccc1-4)c1cccc2ccccc12. The van der Waals surface area contributed by atoms with Crippen LogP contribution in [0.15, 0.2) is 181 Å². The molecule has 0 aliphatic heterocycles. The minimum atomic E-state index is -0.0724. The molecule has 11 rings (SSSR count). The van der Waals surface area contributed by atoms with Crippen molar-refractivity contribution in [2.24, 2.45) is 0 Å². The van der Waals surface area contributed by atoms with E-state index >= 15 is 0 Å². The molecule has 3 heteroatoms. The molecule has 2 aromatic heterocycles. The third-order valence-corrected chi connectivity index (χ3v) is 12.2. The van der Waals surface area contributed by atoms with Crippen molar-refractivity contribution in [1.29, 1.82) is 0 Å². The van der Waals surface area contributed by atoms with Crippen LogP contribution >= 0.6 is 0 Å². The number of fused-ring (bicyclic) bond motifs is 10. The molecular weight excluding hydrogens is 705 g/mol. The number of hydrogen-bond donors (Lipinski definition) is 0. The first-order valence-electron chi connectivity index (χ1n) is 20.1. The molecule has 1 aliphatic rings. The van der Waals surface area contributed by atoms with E-state index in [9.17, 15) is 0 Å². The van der Waals surface area contributed by atoms with Crippen LogP contribution in [0.25, 0.3) is 83.3 Å². The number of para-hydroxylation sites is 2. The lowest BCUT2D eigenvalue weighted by atomic mass is 9.80. The summed E-state index contributed by atoms with van der Waals surface area (Å²) in [5.74, 6) is 0. The molecule has 0 saturated carbocycles. The maximum Gasteiger partial charge on any atom is 0.135 e. The predicted molar refractivity (Wildman–Crippen MR) is 248 cm³/mol. The van der Waals surface area contributed by atoms with Crippen LogP contribution in [-0.2, 0) is 5.41 Å². The van der Waals surface area contributed by atoms with Gasteiger partial charge in [-0.25, -0.2) is 0 Å². The van der Waals surface area contributed by atoms with Gasteiger partial charge in [0.25, 0.3) is 0 Å². The molecular formula is C55H44N2O. The normalized spacial score (nSPS) is 13.6. The molecule has 58 heavy (non-hydrogen) atoms. The molecule has 2 heterocycles. The highest BCUT2D eigenvalue weighted by molar-refractivity contribution is 6.16. The van der Waals surface area contributed by atoms with Gasteiger partial charge in [0.1, 0.15) is 11.0 Å². The van der Waals surface area contributed by atoms with Gasteiger partial charge in [0.2, 0.25) is 0 Å². The zero-order valence-corrected chi connectivity index (χ0v) is 33.3. The second-order valence-electron chi connectivity index (χ2n) is 15.7. The van der Waals surface area contributed by atoms with Gasteiger partial charge in [-0.3, -0.25) is 0 Å². The molecule has 8 aromatic carbocycles. The minimum Gasteiger partial charge on any atom is -0.456 e. The van der Waals surface area contributed by atoms with Gasteiger partial charge in [-0.05, 0) is 106 Å². The van der Waals surface area contributed by atoms with Crippen molar-refractivity contribution in [2.45, 2.75) is 26.2 Å². The van der Waals surface area contributed by atoms with Gasteiger partial charge in [-0.15, -0.1) is 0 Å². The van der Waals surface area contributed by atoms with Crippen LogP contribution in [0.2, 0.25) is 0 Å². The minimum absolute atomic E-state index is 0.0724. The lowest BCUT2D eigenvalue weighted by Gasteiger charge is -2.23. The third kappa shape index (κ3) is 5.49.